The van der Waals surface area contributed by atoms with Gasteiger partial charge in [0.25, 0.3) is 0 Å². The maximum Gasteiger partial charge on any atom is 0.330 e. The molecule has 12 heavy (non-hydrogen) atoms. The third-order valence-corrected chi connectivity index (χ3v) is 1.59. The van der Waals surface area contributed by atoms with Crippen molar-refractivity contribution in [1.29, 1.82) is 0 Å². The minimum Gasteiger partial charge on any atom is -0.458 e. The number of nitrogens with two attached hydrogens (primary N) is 1. The molecule has 0 aliphatic carbocycles. The van der Waals surface area contributed by atoms with E-state index < -0.39 is 5.97 Å². The van der Waals surface area contributed by atoms with E-state index >= 15 is 0 Å². The lowest BCUT2D eigenvalue weighted by molar-refractivity contribution is -0.144. The molecule has 0 aliphatic heterocycles. The van der Waals surface area contributed by atoms with Crippen LogP contribution in [0, 0.1) is 0 Å². The van der Waals surface area contributed by atoms with Gasteiger partial charge in [0, 0.05) is 12.1 Å². The Morgan fingerprint density at radius 2 is 2.33 bits per heavy atom. The fourth-order valence-electron chi connectivity index (χ4n) is 0.911. The molecule has 70 valence electrons. The van der Waals surface area contributed by atoms with Crippen molar-refractivity contribution < 1.29 is 9.53 Å². The summed E-state index contributed by atoms with van der Waals surface area (Å²) in [5.41, 5.74) is 5.61. The predicted octanol–water partition coefficient (Wildman–Crippen LogP) is 1.23. The highest BCUT2D eigenvalue weighted by molar-refractivity contribution is 5.81. The van der Waals surface area contributed by atoms with E-state index in [2.05, 4.69) is 6.58 Å². The summed E-state index contributed by atoms with van der Waals surface area (Å²) in [4.78, 5) is 10.8. The summed E-state index contributed by atoms with van der Waals surface area (Å²) >= 11 is 0. The molecule has 0 amide bonds. The third kappa shape index (κ3) is 4.13. The van der Waals surface area contributed by atoms with Gasteiger partial charge in [0.05, 0.1) is 0 Å². The highest BCUT2D eigenvalue weighted by atomic mass is 16.5. The lowest BCUT2D eigenvalue weighted by Crippen LogP contribution is -2.35. The Kier molecular flexibility index (Phi) is 5.37. The number of carbonyl (C=O) groups is 1. The summed E-state index contributed by atoms with van der Waals surface area (Å²) in [5.74, 6) is -0.397. The van der Waals surface area contributed by atoms with Crippen LogP contribution < -0.4 is 5.73 Å². The standard InChI is InChI=1S/C9H17NO2/c1-4-6-8(7(3)10)12-9(11)5-2/h5,7-8H,2,4,6,10H2,1,3H3. The van der Waals surface area contributed by atoms with Crippen molar-refractivity contribution in [1.82, 2.24) is 0 Å². The monoisotopic (exact) mass is 171 g/mol. The largest absolute Gasteiger partial charge is 0.458 e. The summed E-state index contributed by atoms with van der Waals surface area (Å²) in [6.45, 7) is 7.17. The van der Waals surface area contributed by atoms with Gasteiger partial charge in [-0.15, -0.1) is 0 Å². The van der Waals surface area contributed by atoms with E-state index in [1.54, 1.807) is 0 Å². The maximum atomic E-state index is 10.8. The van der Waals surface area contributed by atoms with E-state index in [4.69, 9.17) is 10.5 Å². The molecular formula is C9H17NO2. The van der Waals surface area contributed by atoms with E-state index in [1.165, 1.54) is 0 Å². The normalized spacial score (nSPS) is 14.9. The van der Waals surface area contributed by atoms with Gasteiger partial charge in [-0.2, -0.15) is 0 Å². The average Bonchev–Trinajstić information content (AvgIpc) is 2.03. The Morgan fingerprint density at radius 3 is 2.67 bits per heavy atom. The molecule has 2 atom stereocenters. The van der Waals surface area contributed by atoms with Crippen LogP contribution in [-0.2, 0) is 9.53 Å². The molecule has 0 saturated heterocycles. The Bertz CT molecular complexity index is 155. The van der Waals surface area contributed by atoms with Crippen LogP contribution in [0.1, 0.15) is 26.7 Å². The van der Waals surface area contributed by atoms with Crippen LogP contribution in [0.3, 0.4) is 0 Å². The van der Waals surface area contributed by atoms with Crippen molar-refractivity contribution in [2.45, 2.75) is 38.8 Å². The average molecular weight is 171 g/mol. The van der Waals surface area contributed by atoms with Crippen LogP contribution in [-0.4, -0.2) is 18.1 Å². The number of ether oxygens (including phenoxy) is 1. The predicted molar refractivity (Wildman–Crippen MR) is 48.6 cm³/mol. The quantitative estimate of drug-likeness (QED) is 0.500. The highest BCUT2D eigenvalue weighted by Crippen LogP contribution is 2.05. The number of hydrogen-bond donors (Lipinski definition) is 1. The van der Waals surface area contributed by atoms with Crippen LogP contribution in [0.15, 0.2) is 12.7 Å². The van der Waals surface area contributed by atoms with E-state index in [0.717, 1.165) is 18.9 Å². The molecule has 0 spiro atoms. The molecule has 0 aliphatic rings. The summed E-state index contributed by atoms with van der Waals surface area (Å²) in [5, 5.41) is 0. The van der Waals surface area contributed by atoms with Crippen molar-refractivity contribution in [2.24, 2.45) is 5.73 Å². The maximum absolute atomic E-state index is 10.8. The van der Waals surface area contributed by atoms with Crippen LogP contribution in [0.5, 0.6) is 0 Å². The summed E-state index contributed by atoms with van der Waals surface area (Å²) in [6.07, 6.45) is 2.74. The lowest BCUT2D eigenvalue weighted by atomic mass is 10.1. The van der Waals surface area contributed by atoms with Gasteiger partial charge in [-0.1, -0.05) is 19.9 Å². The summed E-state index contributed by atoms with van der Waals surface area (Å²) < 4.78 is 5.02. The van der Waals surface area contributed by atoms with Crippen molar-refractivity contribution in [2.75, 3.05) is 0 Å². The zero-order chi connectivity index (χ0) is 9.56. The molecule has 0 saturated carbocycles. The zero-order valence-corrected chi connectivity index (χ0v) is 7.75. The van der Waals surface area contributed by atoms with Crippen molar-refractivity contribution >= 4 is 5.97 Å². The SMILES string of the molecule is C=CC(=O)OC(CCC)C(C)N. The molecule has 0 heterocycles. The number of hydrogen-bond acceptors (Lipinski definition) is 3. The first-order valence-corrected chi connectivity index (χ1v) is 4.20. The van der Waals surface area contributed by atoms with Crippen LogP contribution >= 0.6 is 0 Å². The second-order valence-corrected chi connectivity index (χ2v) is 2.83. The molecule has 0 bridgehead atoms. The van der Waals surface area contributed by atoms with E-state index in [-0.39, 0.29) is 12.1 Å². The first-order valence-electron chi connectivity index (χ1n) is 4.20. The fraction of sp³-hybridized carbons (Fsp3) is 0.667. The molecule has 3 nitrogen and oxygen atoms in total. The molecule has 0 fully saturated rings. The first-order chi connectivity index (χ1) is 5.61. The van der Waals surface area contributed by atoms with Crippen LogP contribution in [0.4, 0.5) is 0 Å². The molecular weight excluding hydrogens is 154 g/mol. The van der Waals surface area contributed by atoms with Crippen molar-refractivity contribution in [3.05, 3.63) is 12.7 Å². The van der Waals surface area contributed by atoms with Crippen molar-refractivity contribution in [3.63, 3.8) is 0 Å². The Morgan fingerprint density at radius 1 is 1.75 bits per heavy atom. The molecule has 0 radical (unpaired) electrons. The van der Waals surface area contributed by atoms with E-state index in [1.807, 2.05) is 13.8 Å². The second-order valence-electron chi connectivity index (χ2n) is 2.83. The first kappa shape index (κ1) is 11.2. The van der Waals surface area contributed by atoms with Gasteiger partial charge in [-0.3, -0.25) is 0 Å². The molecule has 0 aromatic heterocycles. The zero-order valence-electron chi connectivity index (χ0n) is 7.75. The van der Waals surface area contributed by atoms with Gasteiger partial charge >= 0.3 is 5.97 Å². The molecule has 2 unspecified atom stereocenters. The van der Waals surface area contributed by atoms with Gasteiger partial charge < -0.3 is 10.5 Å². The fourth-order valence-corrected chi connectivity index (χ4v) is 0.911. The Balaban J connectivity index is 3.94. The second kappa shape index (κ2) is 5.77. The van der Waals surface area contributed by atoms with Crippen LogP contribution in [0.25, 0.3) is 0 Å². The third-order valence-electron chi connectivity index (χ3n) is 1.59. The Labute approximate surface area is 73.6 Å². The molecule has 3 heteroatoms. The number of carbonyl (C=O) groups excluding carboxylic acids is 1. The van der Waals surface area contributed by atoms with Gasteiger partial charge in [0.2, 0.25) is 0 Å². The summed E-state index contributed by atoms with van der Waals surface area (Å²) in [7, 11) is 0. The summed E-state index contributed by atoms with van der Waals surface area (Å²) in [6, 6.07) is -0.117. The lowest BCUT2D eigenvalue weighted by Gasteiger charge is -2.19. The molecule has 2 N–H and O–H groups in total. The molecule has 0 aromatic rings. The topological polar surface area (TPSA) is 52.3 Å². The molecule has 0 rings (SSSR count). The minimum absolute atomic E-state index is 0.117. The van der Waals surface area contributed by atoms with Gasteiger partial charge in [-0.25, -0.2) is 4.79 Å². The van der Waals surface area contributed by atoms with E-state index in [0.29, 0.717) is 0 Å². The van der Waals surface area contributed by atoms with E-state index in [9.17, 15) is 4.79 Å². The smallest absolute Gasteiger partial charge is 0.330 e. The van der Waals surface area contributed by atoms with Gasteiger partial charge in [0.15, 0.2) is 0 Å². The minimum atomic E-state index is -0.397. The van der Waals surface area contributed by atoms with Gasteiger partial charge in [-0.05, 0) is 13.3 Å². The number of rotatable bonds is 5. The number of esters is 1. The van der Waals surface area contributed by atoms with Gasteiger partial charge in [0.1, 0.15) is 6.10 Å². The Hall–Kier alpha value is -0.830. The van der Waals surface area contributed by atoms with Crippen LogP contribution in [0.2, 0.25) is 0 Å². The highest BCUT2D eigenvalue weighted by Gasteiger charge is 2.15. The van der Waals surface area contributed by atoms with Crippen molar-refractivity contribution in [3.8, 4) is 0 Å². The molecule has 0 aromatic carbocycles.